The second kappa shape index (κ2) is 9.03. The molecule has 0 bridgehead atoms. The summed E-state index contributed by atoms with van der Waals surface area (Å²) in [5.74, 6) is -0.190. The van der Waals surface area contributed by atoms with Crippen LogP contribution in [0.1, 0.15) is 47.4 Å². The van der Waals surface area contributed by atoms with Crippen LogP contribution in [0.5, 0.6) is 0 Å². The first kappa shape index (κ1) is 23.4. The van der Waals surface area contributed by atoms with E-state index in [1.165, 1.54) is 12.1 Å². The molecule has 1 aliphatic rings. The van der Waals surface area contributed by atoms with E-state index in [1.807, 2.05) is 17.5 Å². The summed E-state index contributed by atoms with van der Waals surface area (Å²) in [7, 11) is 0. The Morgan fingerprint density at radius 1 is 1.09 bits per heavy atom. The Hall–Kier alpha value is -3.33. The number of anilines is 1. The normalized spacial score (nSPS) is 18.7. The van der Waals surface area contributed by atoms with Crippen LogP contribution in [0.3, 0.4) is 0 Å². The van der Waals surface area contributed by atoms with E-state index in [9.17, 15) is 18.0 Å². The van der Waals surface area contributed by atoms with Gasteiger partial charge in [-0.25, -0.2) is 9.97 Å². The molecular formula is C25H23ClF3N5O. The topological polar surface area (TPSA) is 71.3 Å². The van der Waals surface area contributed by atoms with Crippen LogP contribution in [0, 0.1) is 6.92 Å². The lowest BCUT2D eigenvalue weighted by Crippen LogP contribution is -2.41. The fourth-order valence-corrected chi connectivity index (χ4v) is 4.83. The average Bonchev–Trinajstić information content (AvgIpc) is 3.18. The van der Waals surface area contributed by atoms with Gasteiger partial charge in [0.05, 0.1) is 16.8 Å². The van der Waals surface area contributed by atoms with Crippen LogP contribution in [0.15, 0.2) is 48.8 Å². The van der Waals surface area contributed by atoms with Crippen LogP contribution >= 0.6 is 11.6 Å². The molecule has 1 aliphatic carbocycles. The second-order valence-electron chi connectivity index (χ2n) is 8.96. The molecule has 3 aromatic heterocycles. The van der Waals surface area contributed by atoms with E-state index < -0.39 is 11.9 Å². The molecule has 1 saturated carbocycles. The molecule has 10 heteroatoms. The van der Waals surface area contributed by atoms with Gasteiger partial charge in [0.1, 0.15) is 11.3 Å². The number of amides is 1. The van der Waals surface area contributed by atoms with Gasteiger partial charge in [0, 0.05) is 40.6 Å². The average molecular weight is 502 g/mol. The molecule has 1 aromatic carbocycles. The van der Waals surface area contributed by atoms with Gasteiger partial charge in [0.15, 0.2) is 0 Å². The first-order valence-corrected chi connectivity index (χ1v) is 11.7. The molecular weight excluding hydrogens is 479 g/mol. The fraction of sp³-hybridized carbons (Fsp3) is 0.320. The van der Waals surface area contributed by atoms with E-state index >= 15 is 0 Å². The van der Waals surface area contributed by atoms with Crippen molar-refractivity contribution in [3.05, 3.63) is 70.8 Å². The van der Waals surface area contributed by atoms with Crippen LogP contribution in [0.4, 0.5) is 18.9 Å². The van der Waals surface area contributed by atoms with Crippen molar-refractivity contribution < 1.29 is 18.0 Å². The van der Waals surface area contributed by atoms with Gasteiger partial charge in [0.2, 0.25) is 0 Å². The van der Waals surface area contributed by atoms with Crippen LogP contribution in [-0.4, -0.2) is 32.4 Å². The van der Waals surface area contributed by atoms with Crippen LogP contribution in [0.2, 0.25) is 5.02 Å². The molecule has 182 valence electrons. The Kier molecular flexibility index (Phi) is 6.04. The largest absolute Gasteiger partial charge is 0.433 e. The molecule has 1 amide bonds. The van der Waals surface area contributed by atoms with Gasteiger partial charge in [-0.1, -0.05) is 11.6 Å². The van der Waals surface area contributed by atoms with Crippen molar-refractivity contribution in [2.75, 3.05) is 5.32 Å². The Morgan fingerprint density at radius 3 is 2.69 bits per heavy atom. The lowest BCUT2D eigenvalue weighted by atomic mass is 9.90. The number of rotatable bonds is 4. The highest BCUT2D eigenvalue weighted by molar-refractivity contribution is 6.31. The number of alkyl halides is 3. The molecule has 6 nitrogen and oxygen atoms in total. The third kappa shape index (κ3) is 5.05. The third-order valence-corrected chi connectivity index (χ3v) is 6.50. The predicted molar refractivity (Wildman–Crippen MR) is 129 cm³/mol. The fourth-order valence-electron chi connectivity index (χ4n) is 4.66. The number of hydrogen-bond acceptors (Lipinski definition) is 4. The smallest absolute Gasteiger partial charge is 0.382 e. The summed E-state index contributed by atoms with van der Waals surface area (Å²) in [6.45, 7) is 1.89. The second-order valence-corrected chi connectivity index (χ2v) is 9.39. The van der Waals surface area contributed by atoms with E-state index in [0.29, 0.717) is 28.1 Å². The monoisotopic (exact) mass is 501 g/mol. The Bertz CT molecular complexity index is 1420. The zero-order chi connectivity index (χ0) is 24.7. The summed E-state index contributed by atoms with van der Waals surface area (Å²) in [6.07, 6.45) is 2.03. The summed E-state index contributed by atoms with van der Waals surface area (Å²) in [4.78, 5) is 21.0. The quantitative estimate of drug-likeness (QED) is 0.359. The zero-order valence-corrected chi connectivity index (χ0v) is 19.6. The van der Waals surface area contributed by atoms with Crippen LogP contribution < -0.4 is 10.6 Å². The predicted octanol–water partition coefficient (Wildman–Crippen LogP) is 6.02. The third-order valence-electron chi connectivity index (χ3n) is 6.26. The molecule has 0 radical (unpaired) electrons. The van der Waals surface area contributed by atoms with Gasteiger partial charge in [-0.2, -0.15) is 13.2 Å². The minimum atomic E-state index is -4.57. The Labute approximate surface area is 204 Å². The van der Waals surface area contributed by atoms with Crippen LogP contribution in [0.25, 0.3) is 16.6 Å². The minimum absolute atomic E-state index is 0.104. The van der Waals surface area contributed by atoms with Crippen molar-refractivity contribution in [1.29, 1.82) is 0 Å². The summed E-state index contributed by atoms with van der Waals surface area (Å²) in [5.41, 5.74) is 1.75. The lowest BCUT2D eigenvalue weighted by molar-refractivity contribution is -0.140. The van der Waals surface area contributed by atoms with E-state index in [0.717, 1.165) is 36.7 Å². The number of pyridine rings is 2. The molecule has 5 rings (SSSR count). The van der Waals surface area contributed by atoms with Gasteiger partial charge < -0.3 is 15.0 Å². The molecule has 3 heterocycles. The Morgan fingerprint density at radius 2 is 1.89 bits per heavy atom. The van der Waals surface area contributed by atoms with Crippen molar-refractivity contribution in [3.63, 3.8) is 0 Å². The number of nitrogens with one attached hydrogen (secondary N) is 2. The maximum absolute atomic E-state index is 13.4. The van der Waals surface area contributed by atoms with Gasteiger partial charge >= 0.3 is 6.18 Å². The standard InChI is InChI=1S/C25H23ClF3N5O/c1-14-12-34-13-15(5-8-23(34)30-14)24(35)32-18-4-2-3-17(10-18)31-21-11-22(25(27,28)29)33-20-7-6-16(26)9-19(20)21/h5-9,11-13,17-18H,2-4,10H2,1H3,(H,31,33)(H,32,35)/t17-,18+/m0/s1. The number of nitrogens with zero attached hydrogens (tertiary/aromatic N) is 3. The number of halogens is 4. The number of aromatic nitrogens is 3. The minimum Gasteiger partial charge on any atom is -0.382 e. The maximum atomic E-state index is 13.4. The van der Waals surface area contributed by atoms with Gasteiger partial charge in [-0.3, -0.25) is 4.79 Å². The zero-order valence-electron chi connectivity index (χ0n) is 18.9. The summed E-state index contributed by atoms with van der Waals surface area (Å²) < 4.78 is 42.2. The van der Waals surface area contributed by atoms with Gasteiger partial charge in [0.25, 0.3) is 5.91 Å². The number of carbonyl (C=O) groups excluding carboxylic acids is 1. The molecule has 1 fully saturated rings. The highest BCUT2D eigenvalue weighted by Crippen LogP contribution is 2.35. The molecule has 35 heavy (non-hydrogen) atoms. The molecule has 4 aromatic rings. The van der Waals surface area contributed by atoms with E-state index in [4.69, 9.17) is 11.6 Å². The van der Waals surface area contributed by atoms with Gasteiger partial charge in [-0.05, 0) is 69.0 Å². The summed E-state index contributed by atoms with van der Waals surface area (Å²) in [5, 5.41) is 7.30. The summed E-state index contributed by atoms with van der Waals surface area (Å²) in [6, 6.07) is 8.97. The molecule has 0 spiro atoms. The van der Waals surface area contributed by atoms with Crippen LogP contribution in [-0.2, 0) is 6.18 Å². The Balaban J connectivity index is 1.33. The maximum Gasteiger partial charge on any atom is 0.433 e. The van der Waals surface area contributed by atoms with Crippen molar-refractivity contribution in [2.24, 2.45) is 0 Å². The van der Waals surface area contributed by atoms with Crippen molar-refractivity contribution in [2.45, 2.75) is 50.9 Å². The molecule has 0 aliphatic heterocycles. The van der Waals surface area contributed by atoms with E-state index in [1.54, 1.807) is 24.4 Å². The first-order valence-electron chi connectivity index (χ1n) is 11.4. The number of aryl methyl sites for hydroxylation is 1. The highest BCUT2D eigenvalue weighted by atomic mass is 35.5. The number of hydrogen-bond donors (Lipinski definition) is 2. The number of fused-ring (bicyclic) bond motifs is 2. The number of imidazole rings is 1. The van der Waals surface area contributed by atoms with E-state index in [-0.39, 0.29) is 23.5 Å². The first-order chi connectivity index (χ1) is 16.7. The molecule has 0 saturated heterocycles. The highest BCUT2D eigenvalue weighted by Gasteiger charge is 2.34. The van der Waals surface area contributed by atoms with Crippen molar-refractivity contribution >= 4 is 39.7 Å². The van der Waals surface area contributed by atoms with Crippen molar-refractivity contribution in [1.82, 2.24) is 19.7 Å². The lowest BCUT2D eigenvalue weighted by Gasteiger charge is -2.31. The summed E-state index contributed by atoms with van der Waals surface area (Å²) >= 11 is 6.11. The molecule has 2 N–H and O–H groups in total. The molecule has 2 atom stereocenters. The number of carbonyl (C=O) groups is 1. The SMILES string of the molecule is Cc1cn2cc(C(=O)N[C@@H]3CCC[C@H](Nc4cc(C(F)(F)F)nc5ccc(Cl)cc45)C3)ccc2n1. The molecule has 0 unspecified atom stereocenters. The number of benzene rings is 1. The van der Waals surface area contributed by atoms with E-state index in [2.05, 4.69) is 20.6 Å². The van der Waals surface area contributed by atoms with Gasteiger partial charge in [-0.15, -0.1) is 0 Å². The van der Waals surface area contributed by atoms with Crippen molar-refractivity contribution in [3.8, 4) is 0 Å².